The zero-order valence-electron chi connectivity index (χ0n) is 12.5. The van der Waals surface area contributed by atoms with E-state index in [0.717, 1.165) is 5.56 Å². The van der Waals surface area contributed by atoms with E-state index in [1.54, 1.807) is 0 Å². The molecule has 0 bridgehead atoms. The Morgan fingerprint density at radius 2 is 1.57 bits per heavy atom. The Bertz CT molecular complexity index is 576. The number of carboxylic acid groups (broad SMARTS) is 1. The number of carboxylic acids is 1. The van der Waals surface area contributed by atoms with Crippen LogP contribution in [0.3, 0.4) is 0 Å². The predicted molar refractivity (Wildman–Crippen MR) is 85.2 cm³/mol. The first kappa shape index (κ1) is 15.3. The number of carbonyl (C=O) groups is 1. The molecule has 0 heterocycles. The summed E-state index contributed by atoms with van der Waals surface area (Å²) in [6, 6.07) is 18.7. The van der Waals surface area contributed by atoms with Gasteiger partial charge in [0, 0.05) is 12.5 Å². The van der Waals surface area contributed by atoms with Gasteiger partial charge in [-0.1, -0.05) is 54.6 Å². The van der Waals surface area contributed by atoms with Crippen LogP contribution in [0.15, 0.2) is 54.6 Å². The Kier molecular flexibility index (Phi) is 5.12. The van der Waals surface area contributed by atoms with Crippen LogP contribution in [0, 0.1) is 0 Å². The van der Waals surface area contributed by atoms with Crippen LogP contribution in [0.5, 0.6) is 0 Å². The number of rotatable bonds is 6. The number of aliphatic carboxylic acids is 1. The van der Waals surface area contributed by atoms with Gasteiger partial charge >= 0.3 is 5.97 Å². The Morgan fingerprint density at radius 1 is 1.00 bits per heavy atom. The van der Waals surface area contributed by atoms with E-state index in [2.05, 4.69) is 41.3 Å². The van der Waals surface area contributed by atoms with Crippen LogP contribution in [0.25, 0.3) is 11.1 Å². The van der Waals surface area contributed by atoms with Crippen molar-refractivity contribution in [1.82, 2.24) is 4.90 Å². The van der Waals surface area contributed by atoms with Gasteiger partial charge in [0.1, 0.15) is 0 Å². The molecule has 3 heteroatoms. The molecule has 0 saturated heterocycles. The van der Waals surface area contributed by atoms with E-state index in [4.69, 9.17) is 5.11 Å². The minimum atomic E-state index is -0.747. The van der Waals surface area contributed by atoms with Gasteiger partial charge in [-0.15, -0.1) is 0 Å². The van der Waals surface area contributed by atoms with E-state index >= 15 is 0 Å². The molecule has 110 valence electrons. The van der Waals surface area contributed by atoms with Gasteiger partial charge in [0.2, 0.25) is 0 Å². The van der Waals surface area contributed by atoms with Crippen LogP contribution in [0.2, 0.25) is 0 Å². The van der Waals surface area contributed by atoms with Gasteiger partial charge < -0.3 is 10.0 Å². The molecule has 2 aromatic rings. The fraction of sp³-hybridized carbons (Fsp3) is 0.278. The van der Waals surface area contributed by atoms with Crippen LogP contribution in [0.1, 0.15) is 24.4 Å². The molecule has 0 amide bonds. The maximum absolute atomic E-state index is 10.8. The van der Waals surface area contributed by atoms with Crippen molar-refractivity contribution < 1.29 is 9.90 Å². The average molecular weight is 283 g/mol. The second-order valence-corrected chi connectivity index (χ2v) is 5.40. The number of benzene rings is 2. The maximum atomic E-state index is 10.8. The number of nitrogens with zero attached hydrogens (tertiary/aromatic N) is 1. The van der Waals surface area contributed by atoms with E-state index < -0.39 is 5.97 Å². The molecule has 2 rings (SSSR count). The highest BCUT2D eigenvalue weighted by Gasteiger charge is 2.15. The second-order valence-electron chi connectivity index (χ2n) is 5.40. The molecule has 0 radical (unpaired) electrons. The van der Waals surface area contributed by atoms with E-state index in [-0.39, 0.29) is 12.5 Å². The third kappa shape index (κ3) is 4.17. The van der Waals surface area contributed by atoms with Crippen molar-refractivity contribution in [3.8, 4) is 11.1 Å². The van der Waals surface area contributed by atoms with Crippen molar-refractivity contribution in [3.05, 3.63) is 60.2 Å². The van der Waals surface area contributed by atoms with E-state index in [1.807, 2.05) is 32.3 Å². The normalized spacial score (nSPS) is 12.3. The molecule has 2 aromatic carbocycles. The topological polar surface area (TPSA) is 40.5 Å². The summed E-state index contributed by atoms with van der Waals surface area (Å²) in [7, 11) is 3.97. The summed E-state index contributed by atoms with van der Waals surface area (Å²) in [6.45, 7) is 0. The van der Waals surface area contributed by atoms with Crippen LogP contribution < -0.4 is 0 Å². The Labute approximate surface area is 125 Å². The molecule has 1 atom stereocenters. The van der Waals surface area contributed by atoms with E-state index in [0.29, 0.717) is 6.42 Å². The lowest BCUT2D eigenvalue weighted by atomic mass is 9.97. The monoisotopic (exact) mass is 283 g/mol. The summed E-state index contributed by atoms with van der Waals surface area (Å²) in [5.74, 6) is -0.747. The van der Waals surface area contributed by atoms with Crippen LogP contribution in [0.4, 0.5) is 0 Å². The standard InChI is InChI=1S/C18H21NO2/c1-19(2)17(12-13-18(20)21)16-10-8-15(9-11-16)14-6-4-3-5-7-14/h3-11,17H,12-13H2,1-2H3,(H,20,21). The molecule has 1 unspecified atom stereocenters. The lowest BCUT2D eigenvalue weighted by molar-refractivity contribution is -0.137. The number of hydrogen-bond acceptors (Lipinski definition) is 2. The lowest BCUT2D eigenvalue weighted by Crippen LogP contribution is -2.20. The molecule has 0 fully saturated rings. The van der Waals surface area contributed by atoms with Crippen molar-refractivity contribution in [2.75, 3.05) is 14.1 Å². The predicted octanol–water partition coefficient (Wildman–Crippen LogP) is 3.82. The Balaban J connectivity index is 2.17. The first-order chi connectivity index (χ1) is 10.1. The van der Waals surface area contributed by atoms with Gasteiger partial charge in [-0.2, -0.15) is 0 Å². The van der Waals surface area contributed by atoms with Gasteiger partial charge in [-0.3, -0.25) is 4.79 Å². The minimum absolute atomic E-state index is 0.130. The highest BCUT2D eigenvalue weighted by Crippen LogP contribution is 2.26. The molecule has 3 nitrogen and oxygen atoms in total. The average Bonchev–Trinajstić information content (AvgIpc) is 2.48. The molecule has 0 aliphatic rings. The minimum Gasteiger partial charge on any atom is -0.481 e. The zero-order chi connectivity index (χ0) is 15.2. The van der Waals surface area contributed by atoms with Gasteiger partial charge in [-0.25, -0.2) is 0 Å². The van der Waals surface area contributed by atoms with E-state index in [9.17, 15) is 4.79 Å². The molecular weight excluding hydrogens is 262 g/mol. The molecule has 0 aliphatic heterocycles. The number of hydrogen-bond donors (Lipinski definition) is 1. The van der Waals surface area contributed by atoms with E-state index in [1.165, 1.54) is 11.1 Å². The van der Waals surface area contributed by atoms with Gasteiger partial charge in [-0.05, 0) is 37.2 Å². The fourth-order valence-electron chi connectivity index (χ4n) is 2.51. The van der Waals surface area contributed by atoms with Crippen LogP contribution in [-0.4, -0.2) is 30.1 Å². The molecule has 1 N–H and O–H groups in total. The molecule has 21 heavy (non-hydrogen) atoms. The van der Waals surface area contributed by atoms with Crippen molar-refractivity contribution in [1.29, 1.82) is 0 Å². The summed E-state index contributed by atoms with van der Waals surface area (Å²) in [6.07, 6.45) is 0.802. The van der Waals surface area contributed by atoms with Crippen molar-refractivity contribution in [3.63, 3.8) is 0 Å². The summed E-state index contributed by atoms with van der Waals surface area (Å²) in [4.78, 5) is 12.8. The van der Waals surface area contributed by atoms with Gasteiger partial charge in [0.25, 0.3) is 0 Å². The van der Waals surface area contributed by atoms with Crippen LogP contribution in [-0.2, 0) is 4.79 Å². The summed E-state index contributed by atoms with van der Waals surface area (Å²) >= 11 is 0. The highest BCUT2D eigenvalue weighted by molar-refractivity contribution is 5.67. The van der Waals surface area contributed by atoms with Crippen LogP contribution >= 0.6 is 0 Å². The Hall–Kier alpha value is -2.13. The third-order valence-corrected chi connectivity index (χ3v) is 3.66. The summed E-state index contributed by atoms with van der Waals surface area (Å²) < 4.78 is 0. The smallest absolute Gasteiger partial charge is 0.303 e. The third-order valence-electron chi connectivity index (χ3n) is 3.66. The molecule has 0 spiro atoms. The summed E-state index contributed by atoms with van der Waals surface area (Å²) in [5, 5.41) is 8.87. The molecule has 0 aromatic heterocycles. The first-order valence-electron chi connectivity index (χ1n) is 7.11. The van der Waals surface area contributed by atoms with Gasteiger partial charge in [0.15, 0.2) is 0 Å². The Morgan fingerprint density at radius 3 is 2.10 bits per heavy atom. The molecule has 0 saturated carbocycles. The quantitative estimate of drug-likeness (QED) is 0.876. The van der Waals surface area contributed by atoms with Crippen molar-refractivity contribution >= 4 is 5.97 Å². The maximum Gasteiger partial charge on any atom is 0.303 e. The SMILES string of the molecule is CN(C)C(CCC(=O)O)c1ccc(-c2ccccc2)cc1. The molecular formula is C18H21NO2. The fourth-order valence-corrected chi connectivity index (χ4v) is 2.51. The highest BCUT2D eigenvalue weighted by atomic mass is 16.4. The van der Waals surface area contributed by atoms with Crippen molar-refractivity contribution in [2.24, 2.45) is 0 Å². The largest absolute Gasteiger partial charge is 0.481 e. The van der Waals surface area contributed by atoms with Gasteiger partial charge in [0.05, 0.1) is 0 Å². The first-order valence-corrected chi connectivity index (χ1v) is 7.11. The molecule has 0 aliphatic carbocycles. The summed E-state index contributed by atoms with van der Waals surface area (Å²) in [5.41, 5.74) is 3.52. The van der Waals surface area contributed by atoms with Crippen molar-refractivity contribution in [2.45, 2.75) is 18.9 Å². The lowest BCUT2D eigenvalue weighted by Gasteiger charge is -2.24. The second kappa shape index (κ2) is 7.04. The zero-order valence-corrected chi connectivity index (χ0v) is 12.5.